The van der Waals surface area contributed by atoms with Gasteiger partial charge in [-0.2, -0.15) is 0 Å². The van der Waals surface area contributed by atoms with Gasteiger partial charge in [0.2, 0.25) is 5.96 Å². The Bertz CT molecular complexity index is 926. The average molecular weight is 524 g/mol. The van der Waals surface area contributed by atoms with Crippen LogP contribution in [0.1, 0.15) is 53.4 Å². The van der Waals surface area contributed by atoms with Crippen molar-refractivity contribution >= 4 is 18.1 Å². The molecule has 0 unspecified atom stereocenters. The predicted molar refractivity (Wildman–Crippen MR) is 132 cm³/mol. The Morgan fingerprint density at radius 1 is 0.973 bits per heavy atom. The Hall–Kier alpha value is -2.77. The maximum absolute atomic E-state index is 12.5. The van der Waals surface area contributed by atoms with Crippen LogP contribution in [0.2, 0.25) is 0 Å². The summed E-state index contributed by atoms with van der Waals surface area (Å²) in [7, 11) is 1.39. The van der Waals surface area contributed by atoms with Crippen molar-refractivity contribution in [2.24, 2.45) is 4.99 Å². The Morgan fingerprint density at radius 3 is 2.05 bits per heavy atom. The van der Waals surface area contributed by atoms with E-state index in [0.717, 1.165) is 5.56 Å². The topological polar surface area (TPSA) is 146 Å². The SMILES string of the molecule is CO[C@H]1O[C@@H]2CO[C@@H](c3ccccc3)O[C@H]2[C@@H](O)[C@@H]1N=C(NC(=O)OC(C)(C)C)NC(=O)OC(C)(C)C. The van der Waals surface area contributed by atoms with Crippen molar-refractivity contribution in [3.8, 4) is 0 Å². The van der Waals surface area contributed by atoms with Crippen LogP contribution < -0.4 is 10.6 Å². The number of ether oxygens (including phenoxy) is 6. The van der Waals surface area contributed by atoms with Crippen molar-refractivity contribution in [1.82, 2.24) is 10.6 Å². The Kier molecular flexibility index (Phi) is 9.13. The van der Waals surface area contributed by atoms with Crippen LogP contribution in [0.3, 0.4) is 0 Å². The molecular weight excluding hydrogens is 486 g/mol. The third-order valence-corrected chi connectivity index (χ3v) is 5.15. The third-order valence-electron chi connectivity index (χ3n) is 5.15. The van der Waals surface area contributed by atoms with Crippen LogP contribution in [0.4, 0.5) is 9.59 Å². The average Bonchev–Trinajstić information content (AvgIpc) is 2.78. The van der Waals surface area contributed by atoms with Crippen LogP contribution in [-0.4, -0.2) is 78.8 Å². The van der Waals surface area contributed by atoms with Crippen LogP contribution in [0, 0.1) is 0 Å². The molecule has 6 atom stereocenters. The van der Waals surface area contributed by atoms with Crippen molar-refractivity contribution in [3.63, 3.8) is 0 Å². The lowest BCUT2D eigenvalue weighted by Crippen LogP contribution is -2.62. The van der Waals surface area contributed by atoms with Crippen molar-refractivity contribution < 1.29 is 43.1 Å². The number of benzene rings is 1. The highest BCUT2D eigenvalue weighted by atomic mass is 16.7. The number of carbonyl (C=O) groups excluding carboxylic acids is 2. The van der Waals surface area contributed by atoms with Gasteiger partial charge in [-0.25, -0.2) is 14.6 Å². The van der Waals surface area contributed by atoms with Gasteiger partial charge >= 0.3 is 12.2 Å². The maximum atomic E-state index is 12.5. The number of fused-ring (bicyclic) bond motifs is 1. The molecule has 0 radical (unpaired) electrons. The number of aliphatic hydroxyl groups excluding tert-OH is 1. The van der Waals surface area contributed by atoms with Crippen molar-refractivity contribution in [2.45, 2.75) is 89.7 Å². The number of hydrogen-bond donors (Lipinski definition) is 3. The summed E-state index contributed by atoms with van der Waals surface area (Å²) in [5.74, 6) is -0.316. The molecule has 12 heteroatoms. The first-order chi connectivity index (χ1) is 17.3. The second-order valence-electron chi connectivity index (χ2n) is 10.7. The molecule has 2 aliphatic heterocycles. The van der Waals surface area contributed by atoms with E-state index in [2.05, 4.69) is 15.6 Å². The first kappa shape index (κ1) is 28.8. The molecule has 1 aromatic carbocycles. The van der Waals surface area contributed by atoms with E-state index >= 15 is 0 Å². The van der Waals surface area contributed by atoms with Gasteiger partial charge in [0.1, 0.15) is 35.6 Å². The highest BCUT2D eigenvalue weighted by Crippen LogP contribution is 2.35. The van der Waals surface area contributed by atoms with Gasteiger partial charge in [-0.1, -0.05) is 30.3 Å². The van der Waals surface area contributed by atoms with Crippen molar-refractivity contribution in [2.75, 3.05) is 13.7 Å². The van der Waals surface area contributed by atoms with Gasteiger partial charge in [0, 0.05) is 12.7 Å². The second kappa shape index (κ2) is 11.7. The lowest BCUT2D eigenvalue weighted by Gasteiger charge is -2.46. The quantitative estimate of drug-likeness (QED) is 0.402. The summed E-state index contributed by atoms with van der Waals surface area (Å²) in [4.78, 5) is 29.3. The van der Waals surface area contributed by atoms with E-state index in [1.54, 1.807) is 41.5 Å². The minimum atomic E-state index is -1.24. The summed E-state index contributed by atoms with van der Waals surface area (Å²) in [6.07, 6.45) is -6.19. The number of rotatable bonds is 3. The number of guanidine groups is 1. The number of alkyl carbamates (subject to hydrolysis) is 2. The van der Waals surface area contributed by atoms with E-state index in [0.29, 0.717) is 0 Å². The zero-order chi connectivity index (χ0) is 27.4. The Morgan fingerprint density at radius 2 is 1.54 bits per heavy atom. The lowest BCUT2D eigenvalue weighted by molar-refractivity contribution is -0.338. The van der Waals surface area contributed by atoms with E-state index in [1.807, 2.05) is 30.3 Å². The van der Waals surface area contributed by atoms with Crippen LogP contribution in [0.15, 0.2) is 35.3 Å². The summed E-state index contributed by atoms with van der Waals surface area (Å²) in [5, 5.41) is 16.1. The summed E-state index contributed by atoms with van der Waals surface area (Å²) in [6, 6.07) is 8.18. The minimum Gasteiger partial charge on any atom is -0.444 e. The fraction of sp³-hybridized carbons (Fsp3) is 0.640. The van der Waals surface area contributed by atoms with Gasteiger partial charge in [-0.15, -0.1) is 0 Å². The van der Waals surface area contributed by atoms with Gasteiger partial charge in [-0.05, 0) is 41.5 Å². The standard InChI is InChI=1S/C25H37N3O9/c1-24(2,3)36-22(30)27-21(28-23(31)37-25(4,5)6)26-16-17(29)18-15(34-20(16)32-7)13-33-19(35-18)14-11-9-8-10-12-14/h8-12,15-20,29H,13H2,1-7H3,(H2,26,27,28,30,31)/t15-,16+,17+,18-,19-,20+/m1/s1. The predicted octanol–water partition coefficient (Wildman–Crippen LogP) is 2.61. The molecule has 0 aromatic heterocycles. The minimum absolute atomic E-state index is 0.150. The molecule has 0 bridgehead atoms. The highest BCUT2D eigenvalue weighted by Gasteiger charge is 2.50. The number of nitrogens with one attached hydrogen (secondary N) is 2. The Balaban J connectivity index is 1.85. The molecule has 2 heterocycles. The molecule has 0 saturated carbocycles. The largest absolute Gasteiger partial charge is 0.444 e. The molecule has 0 aliphatic carbocycles. The fourth-order valence-electron chi connectivity index (χ4n) is 3.73. The number of hydrogen-bond acceptors (Lipinski definition) is 10. The van der Waals surface area contributed by atoms with Crippen LogP contribution in [0.5, 0.6) is 0 Å². The van der Waals surface area contributed by atoms with Gasteiger partial charge in [0.25, 0.3) is 0 Å². The number of aliphatic imine (C=N–C) groups is 1. The second-order valence-corrected chi connectivity index (χ2v) is 10.7. The van der Waals surface area contributed by atoms with Crippen LogP contribution in [-0.2, 0) is 28.4 Å². The number of aliphatic hydroxyl groups is 1. The monoisotopic (exact) mass is 523 g/mol. The van der Waals surface area contributed by atoms with Crippen LogP contribution in [0.25, 0.3) is 0 Å². The first-order valence-electron chi connectivity index (χ1n) is 12.0. The lowest BCUT2D eigenvalue weighted by atomic mass is 9.96. The summed E-state index contributed by atoms with van der Waals surface area (Å²) < 4.78 is 33.8. The molecule has 0 spiro atoms. The molecule has 3 N–H and O–H groups in total. The normalized spacial score (nSPS) is 27.9. The van der Waals surface area contributed by atoms with E-state index in [-0.39, 0.29) is 12.6 Å². The van der Waals surface area contributed by atoms with Crippen molar-refractivity contribution in [3.05, 3.63) is 35.9 Å². The summed E-state index contributed by atoms with van der Waals surface area (Å²) in [5.41, 5.74) is -0.834. The molecule has 1 aromatic rings. The molecule has 2 amide bonds. The Labute approximate surface area is 216 Å². The molecule has 12 nitrogen and oxygen atoms in total. The molecule has 2 fully saturated rings. The van der Waals surface area contributed by atoms with Gasteiger partial charge < -0.3 is 33.5 Å². The van der Waals surface area contributed by atoms with Gasteiger partial charge in [-0.3, -0.25) is 10.6 Å². The maximum Gasteiger partial charge on any atom is 0.414 e. The van der Waals surface area contributed by atoms with Gasteiger partial charge in [0.05, 0.1) is 6.61 Å². The fourth-order valence-corrected chi connectivity index (χ4v) is 3.73. The van der Waals surface area contributed by atoms with Gasteiger partial charge in [0.15, 0.2) is 12.6 Å². The molecule has 37 heavy (non-hydrogen) atoms. The zero-order valence-electron chi connectivity index (χ0n) is 22.2. The van der Waals surface area contributed by atoms with E-state index in [9.17, 15) is 14.7 Å². The van der Waals surface area contributed by atoms with E-state index < -0.39 is 60.3 Å². The summed E-state index contributed by atoms with van der Waals surface area (Å²) in [6.45, 7) is 10.3. The van der Waals surface area contributed by atoms with Crippen LogP contribution >= 0.6 is 0 Å². The van der Waals surface area contributed by atoms with E-state index in [4.69, 9.17) is 28.4 Å². The number of carbonyl (C=O) groups is 2. The zero-order valence-corrected chi connectivity index (χ0v) is 22.2. The first-order valence-corrected chi connectivity index (χ1v) is 12.0. The third kappa shape index (κ3) is 8.37. The smallest absolute Gasteiger partial charge is 0.414 e. The number of amides is 2. The van der Waals surface area contributed by atoms with E-state index in [1.165, 1.54) is 7.11 Å². The number of nitrogens with zero attached hydrogens (tertiary/aromatic N) is 1. The molecule has 3 rings (SSSR count). The molecule has 2 aliphatic rings. The number of methoxy groups -OCH3 is 1. The highest BCUT2D eigenvalue weighted by molar-refractivity contribution is 6.01. The molecule has 2 saturated heterocycles. The summed E-state index contributed by atoms with van der Waals surface area (Å²) >= 11 is 0. The molecular formula is C25H37N3O9. The molecule has 206 valence electrons. The van der Waals surface area contributed by atoms with Crippen molar-refractivity contribution in [1.29, 1.82) is 0 Å².